The minimum absolute atomic E-state index is 0.107. The molecule has 1 unspecified atom stereocenters. The number of aryl methyl sites for hydroxylation is 1. The number of carbonyl (C=O) groups excluding carboxylic acids is 1. The van der Waals surface area contributed by atoms with Gasteiger partial charge in [0.2, 0.25) is 5.91 Å². The smallest absolute Gasteiger partial charge is 0.305 e. The number of aliphatic hydroxyl groups is 1. The molecule has 5 heteroatoms. The highest BCUT2D eigenvalue weighted by molar-refractivity contribution is 5.77. The summed E-state index contributed by atoms with van der Waals surface area (Å²) >= 11 is 0. The van der Waals surface area contributed by atoms with Crippen molar-refractivity contribution in [1.82, 2.24) is 4.90 Å². The number of aliphatic carboxylic acids is 1. The molecule has 0 heterocycles. The van der Waals surface area contributed by atoms with Gasteiger partial charge in [-0.05, 0) is 18.9 Å². The van der Waals surface area contributed by atoms with Crippen LogP contribution in [0.3, 0.4) is 0 Å². The van der Waals surface area contributed by atoms with Gasteiger partial charge in [0.05, 0.1) is 12.5 Å². The van der Waals surface area contributed by atoms with Crippen LogP contribution in [0.1, 0.15) is 25.3 Å². The Hall–Kier alpha value is -1.88. The van der Waals surface area contributed by atoms with Gasteiger partial charge in [0.15, 0.2) is 0 Å². The molecule has 1 amide bonds. The summed E-state index contributed by atoms with van der Waals surface area (Å²) < 4.78 is 0. The molecule has 5 nitrogen and oxygen atoms in total. The highest BCUT2D eigenvalue weighted by Gasteiger charge is 2.16. The molecular weight excluding hydrogens is 258 g/mol. The molecule has 1 aromatic rings. The van der Waals surface area contributed by atoms with Crippen molar-refractivity contribution in [1.29, 1.82) is 0 Å². The second-order valence-electron chi connectivity index (χ2n) is 4.82. The summed E-state index contributed by atoms with van der Waals surface area (Å²) in [6.45, 7) is 1.88. The van der Waals surface area contributed by atoms with Crippen LogP contribution in [0.4, 0.5) is 0 Å². The summed E-state index contributed by atoms with van der Waals surface area (Å²) in [6.07, 6.45) is 0.160. The van der Waals surface area contributed by atoms with E-state index in [-0.39, 0.29) is 25.4 Å². The lowest BCUT2D eigenvalue weighted by atomic mass is 10.1. The number of rotatable bonds is 8. The number of carboxylic acids is 1. The molecule has 1 aromatic carbocycles. The minimum Gasteiger partial charge on any atom is -0.481 e. The Morgan fingerprint density at radius 3 is 2.40 bits per heavy atom. The lowest BCUT2D eigenvalue weighted by Gasteiger charge is -2.23. The van der Waals surface area contributed by atoms with Gasteiger partial charge >= 0.3 is 5.97 Å². The summed E-state index contributed by atoms with van der Waals surface area (Å²) in [7, 11) is 0. The zero-order valence-corrected chi connectivity index (χ0v) is 11.7. The Kier molecular flexibility index (Phi) is 6.73. The number of nitrogens with zero attached hydrogens (tertiary/aromatic N) is 1. The SMILES string of the molecule is CC(O)CN(CCC(=O)O)C(=O)CCc1ccccc1. The van der Waals surface area contributed by atoms with E-state index in [1.165, 1.54) is 4.90 Å². The average Bonchev–Trinajstić information content (AvgIpc) is 2.41. The lowest BCUT2D eigenvalue weighted by molar-refractivity contribution is -0.139. The number of amides is 1. The maximum Gasteiger partial charge on any atom is 0.305 e. The van der Waals surface area contributed by atoms with Crippen molar-refractivity contribution >= 4 is 11.9 Å². The Balaban J connectivity index is 2.51. The molecule has 1 atom stereocenters. The first kappa shape index (κ1) is 16.2. The third-order valence-corrected chi connectivity index (χ3v) is 2.90. The van der Waals surface area contributed by atoms with Crippen LogP contribution in [0, 0.1) is 0 Å². The van der Waals surface area contributed by atoms with E-state index in [2.05, 4.69) is 0 Å². The molecule has 0 spiro atoms. The summed E-state index contributed by atoms with van der Waals surface area (Å²) in [5.41, 5.74) is 1.07. The van der Waals surface area contributed by atoms with E-state index in [1.807, 2.05) is 30.3 Å². The Morgan fingerprint density at radius 1 is 1.20 bits per heavy atom. The van der Waals surface area contributed by atoms with E-state index in [0.717, 1.165) is 5.56 Å². The highest BCUT2D eigenvalue weighted by atomic mass is 16.4. The highest BCUT2D eigenvalue weighted by Crippen LogP contribution is 2.06. The molecule has 0 fully saturated rings. The van der Waals surface area contributed by atoms with Crippen molar-refractivity contribution in [3.63, 3.8) is 0 Å². The quantitative estimate of drug-likeness (QED) is 0.752. The Morgan fingerprint density at radius 2 is 1.85 bits per heavy atom. The third-order valence-electron chi connectivity index (χ3n) is 2.90. The summed E-state index contributed by atoms with van der Waals surface area (Å²) in [5, 5.41) is 18.1. The summed E-state index contributed by atoms with van der Waals surface area (Å²) in [6, 6.07) is 9.64. The van der Waals surface area contributed by atoms with Crippen LogP contribution in [-0.4, -0.2) is 46.2 Å². The van der Waals surface area contributed by atoms with Gasteiger partial charge in [-0.25, -0.2) is 0 Å². The number of benzene rings is 1. The zero-order chi connectivity index (χ0) is 15.0. The van der Waals surface area contributed by atoms with Crippen molar-refractivity contribution in [2.75, 3.05) is 13.1 Å². The van der Waals surface area contributed by atoms with E-state index < -0.39 is 12.1 Å². The second kappa shape index (κ2) is 8.32. The van der Waals surface area contributed by atoms with Crippen molar-refractivity contribution in [2.24, 2.45) is 0 Å². The molecule has 0 aliphatic heterocycles. The van der Waals surface area contributed by atoms with Crippen LogP contribution < -0.4 is 0 Å². The van der Waals surface area contributed by atoms with Gasteiger partial charge in [0, 0.05) is 19.5 Å². The van der Waals surface area contributed by atoms with Gasteiger partial charge < -0.3 is 15.1 Å². The molecule has 0 aromatic heterocycles. The van der Waals surface area contributed by atoms with Crippen molar-refractivity contribution < 1.29 is 19.8 Å². The largest absolute Gasteiger partial charge is 0.481 e. The normalized spacial score (nSPS) is 11.9. The number of carbonyl (C=O) groups is 2. The lowest BCUT2D eigenvalue weighted by Crippen LogP contribution is -2.38. The van der Waals surface area contributed by atoms with Gasteiger partial charge in [-0.2, -0.15) is 0 Å². The molecular formula is C15H21NO4. The van der Waals surface area contributed by atoms with Crippen molar-refractivity contribution in [3.8, 4) is 0 Å². The van der Waals surface area contributed by atoms with Gasteiger partial charge in [-0.3, -0.25) is 9.59 Å². The van der Waals surface area contributed by atoms with E-state index in [1.54, 1.807) is 6.92 Å². The molecule has 0 saturated carbocycles. The van der Waals surface area contributed by atoms with Gasteiger partial charge in [0.1, 0.15) is 0 Å². The first-order valence-electron chi connectivity index (χ1n) is 6.70. The van der Waals surface area contributed by atoms with Gasteiger partial charge in [-0.15, -0.1) is 0 Å². The fraction of sp³-hybridized carbons (Fsp3) is 0.467. The van der Waals surface area contributed by atoms with Crippen LogP contribution in [0.25, 0.3) is 0 Å². The summed E-state index contributed by atoms with van der Waals surface area (Å²) in [4.78, 5) is 24.1. The number of hydrogen-bond donors (Lipinski definition) is 2. The Labute approximate surface area is 118 Å². The maximum atomic E-state index is 12.1. The van der Waals surface area contributed by atoms with Crippen LogP contribution in [0.5, 0.6) is 0 Å². The monoisotopic (exact) mass is 279 g/mol. The number of hydrogen-bond acceptors (Lipinski definition) is 3. The molecule has 0 radical (unpaired) electrons. The fourth-order valence-electron chi connectivity index (χ4n) is 1.92. The van der Waals surface area contributed by atoms with Crippen LogP contribution in [0.2, 0.25) is 0 Å². The first-order chi connectivity index (χ1) is 9.49. The fourth-order valence-corrected chi connectivity index (χ4v) is 1.92. The molecule has 0 bridgehead atoms. The minimum atomic E-state index is -0.948. The molecule has 0 aliphatic carbocycles. The van der Waals surface area contributed by atoms with Crippen LogP contribution in [0.15, 0.2) is 30.3 Å². The molecule has 0 saturated heterocycles. The number of aliphatic hydroxyl groups excluding tert-OH is 1. The predicted molar refractivity (Wildman–Crippen MR) is 75.3 cm³/mol. The van der Waals surface area contributed by atoms with Crippen molar-refractivity contribution in [3.05, 3.63) is 35.9 Å². The molecule has 0 aliphatic rings. The second-order valence-corrected chi connectivity index (χ2v) is 4.82. The first-order valence-corrected chi connectivity index (χ1v) is 6.70. The molecule has 2 N–H and O–H groups in total. The summed E-state index contributed by atoms with van der Waals surface area (Å²) in [5.74, 6) is -1.08. The van der Waals surface area contributed by atoms with E-state index in [4.69, 9.17) is 5.11 Å². The Bertz CT molecular complexity index is 431. The third kappa shape index (κ3) is 6.33. The van der Waals surface area contributed by atoms with E-state index >= 15 is 0 Å². The molecule has 1 rings (SSSR count). The van der Waals surface area contributed by atoms with Crippen molar-refractivity contribution in [2.45, 2.75) is 32.3 Å². The van der Waals surface area contributed by atoms with Crippen LogP contribution >= 0.6 is 0 Å². The topological polar surface area (TPSA) is 77.8 Å². The van der Waals surface area contributed by atoms with E-state index in [9.17, 15) is 14.7 Å². The standard InChI is InChI=1S/C15H21NO4/c1-12(17)11-16(10-9-15(19)20)14(18)8-7-13-5-3-2-4-6-13/h2-6,12,17H,7-11H2,1H3,(H,19,20). The van der Waals surface area contributed by atoms with Gasteiger partial charge in [-0.1, -0.05) is 30.3 Å². The van der Waals surface area contributed by atoms with Crippen LogP contribution in [-0.2, 0) is 16.0 Å². The maximum absolute atomic E-state index is 12.1. The zero-order valence-electron chi connectivity index (χ0n) is 11.7. The molecule has 20 heavy (non-hydrogen) atoms. The average molecular weight is 279 g/mol. The molecule has 110 valence electrons. The van der Waals surface area contributed by atoms with E-state index in [0.29, 0.717) is 12.8 Å². The predicted octanol–water partition coefficient (Wildman–Crippen LogP) is 1.30. The van der Waals surface area contributed by atoms with Gasteiger partial charge in [0.25, 0.3) is 0 Å². The number of carboxylic acid groups (broad SMARTS) is 1.